The van der Waals surface area contributed by atoms with Crippen LogP contribution in [0.15, 0.2) is 29.1 Å². The Bertz CT molecular complexity index is 603. The number of nitrogens with two attached hydrogens (primary N) is 1. The minimum atomic E-state index is -0.0817. The van der Waals surface area contributed by atoms with Gasteiger partial charge in [-0.3, -0.25) is 4.79 Å². The summed E-state index contributed by atoms with van der Waals surface area (Å²) in [7, 11) is 0. The van der Waals surface area contributed by atoms with Gasteiger partial charge in [-0.25, -0.2) is 0 Å². The lowest BCUT2D eigenvalue weighted by Crippen LogP contribution is -2.24. The van der Waals surface area contributed by atoms with E-state index in [0.717, 1.165) is 28.6 Å². The van der Waals surface area contributed by atoms with Gasteiger partial charge in [0.2, 0.25) is 5.56 Å². The highest BCUT2D eigenvalue weighted by Gasteiger charge is 2.23. The Labute approximate surface area is 92.0 Å². The highest BCUT2D eigenvalue weighted by atomic mass is 16.5. The molecule has 1 aromatic carbocycles. The number of pyridine rings is 1. The molecular weight excluding hydrogens is 204 g/mol. The van der Waals surface area contributed by atoms with Gasteiger partial charge in [0, 0.05) is 35.5 Å². The SMILES string of the molecule is NCC1Cc2c(ccc3[nH]c(=O)ccc23)O1. The van der Waals surface area contributed by atoms with E-state index in [-0.39, 0.29) is 11.7 Å². The van der Waals surface area contributed by atoms with Crippen molar-refractivity contribution < 1.29 is 4.74 Å². The summed E-state index contributed by atoms with van der Waals surface area (Å²) in [5, 5.41) is 1.05. The molecule has 0 saturated heterocycles. The summed E-state index contributed by atoms with van der Waals surface area (Å²) in [5.41, 5.74) is 7.51. The van der Waals surface area contributed by atoms with Crippen LogP contribution in [0.4, 0.5) is 0 Å². The molecule has 0 bridgehead atoms. The van der Waals surface area contributed by atoms with Crippen molar-refractivity contribution in [2.24, 2.45) is 5.73 Å². The fraction of sp³-hybridized carbons (Fsp3) is 0.250. The Kier molecular flexibility index (Phi) is 1.97. The van der Waals surface area contributed by atoms with Crippen LogP contribution in [0, 0.1) is 0 Å². The molecular formula is C12H12N2O2. The lowest BCUT2D eigenvalue weighted by molar-refractivity contribution is 0.241. The van der Waals surface area contributed by atoms with Gasteiger partial charge in [-0.05, 0) is 18.2 Å². The van der Waals surface area contributed by atoms with E-state index in [4.69, 9.17) is 10.5 Å². The van der Waals surface area contributed by atoms with Gasteiger partial charge in [0.1, 0.15) is 11.9 Å². The molecule has 1 atom stereocenters. The first kappa shape index (κ1) is 9.42. The summed E-state index contributed by atoms with van der Waals surface area (Å²) < 4.78 is 5.68. The zero-order valence-electron chi connectivity index (χ0n) is 8.69. The van der Waals surface area contributed by atoms with Crippen molar-refractivity contribution >= 4 is 10.9 Å². The Hall–Kier alpha value is -1.81. The highest BCUT2D eigenvalue weighted by molar-refractivity contribution is 5.85. The molecule has 0 amide bonds. The van der Waals surface area contributed by atoms with Crippen molar-refractivity contribution in [1.29, 1.82) is 0 Å². The van der Waals surface area contributed by atoms with Gasteiger partial charge in [0.25, 0.3) is 0 Å². The van der Waals surface area contributed by atoms with Crippen LogP contribution in [-0.2, 0) is 6.42 Å². The summed E-state index contributed by atoms with van der Waals surface area (Å²) in [6.07, 6.45) is 0.877. The lowest BCUT2D eigenvalue weighted by atomic mass is 10.0. The molecule has 82 valence electrons. The largest absolute Gasteiger partial charge is 0.488 e. The van der Waals surface area contributed by atoms with E-state index in [9.17, 15) is 4.79 Å². The minimum Gasteiger partial charge on any atom is -0.488 e. The number of rotatable bonds is 1. The smallest absolute Gasteiger partial charge is 0.248 e. The number of hydrogen-bond acceptors (Lipinski definition) is 3. The predicted octanol–water partition coefficient (Wildman–Crippen LogP) is 0.790. The average molecular weight is 216 g/mol. The molecule has 0 radical (unpaired) electrons. The minimum absolute atomic E-state index is 0.0625. The van der Waals surface area contributed by atoms with Gasteiger partial charge < -0.3 is 15.5 Å². The highest BCUT2D eigenvalue weighted by Crippen LogP contribution is 2.33. The quantitative estimate of drug-likeness (QED) is 0.740. The molecule has 2 heterocycles. The fourth-order valence-corrected chi connectivity index (χ4v) is 2.18. The molecule has 4 heteroatoms. The van der Waals surface area contributed by atoms with Gasteiger partial charge in [-0.1, -0.05) is 0 Å². The maximum atomic E-state index is 11.2. The molecule has 0 fully saturated rings. The van der Waals surface area contributed by atoms with Gasteiger partial charge in [0.05, 0.1) is 0 Å². The first-order valence-corrected chi connectivity index (χ1v) is 5.29. The van der Waals surface area contributed by atoms with Crippen LogP contribution < -0.4 is 16.0 Å². The second-order valence-electron chi connectivity index (χ2n) is 4.01. The van der Waals surface area contributed by atoms with Gasteiger partial charge in [-0.15, -0.1) is 0 Å². The molecule has 4 nitrogen and oxygen atoms in total. The number of benzene rings is 1. The number of fused-ring (bicyclic) bond motifs is 3. The van der Waals surface area contributed by atoms with Crippen LogP contribution in [0.5, 0.6) is 5.75 Å². The Balaban J connectivity index is 2.23. The molecule has 1 unspecified atom stereocenters. The molecule has 0 aliphatic carbocycles. The molecule has 3 N–H and O–H groups in total. The molecule has 1 aliphatic rings. The molecule has 3 rings (SSSR count). The van der Waals surface area contributed by atoms with Crippen LogP contribution in [0.25, 0.3) is 10.9 Å². The molecule has 0 saturated carbocycles. The van der Waals surface area contributed by atoms with Crippen molar-refractivity contribution in [2.75, 3.05) is 6.54 Å². The molecule has 1 aliphatic heterocycles. The molecule has 0 spiro atoms. The molecule has 16 heavy (non-hydrogen) atoms. The number of aromatic amines is 1. The van der Waals surface area contributed by atoms with E-state index in [1.54, 1.807) is 6.07 Å². The van der Waals surface area contributed by atoms with Crippen LogP contribution in [0.2, 0.25) is 0 Å². The number of hydrogen-bond donors (Lipinski definition) is 2. The Morgan fingerprint density at radius 3 is 3.06 bits per heavy atom. The van der Waals surface area contributed by atoms with Crippen LogP contribution in [0.1, 0.15) is 5.56 Å². The van der Waals surface area contributed by atoms with Crippen molar-refractivity contribution in [3.05, 3.63) is 40.2 Å². The number of ether oxygens (including phenoxy) is 1. The lowest BCUT2D eigenvalue weighted by Gasteiger charge is -2.05. The van der Waals surface area contributed by atoms with Crippen molar-refractivity contribution in [2.45, 2.75) is 12.5 Å². The number of aromatic nitrogens is 1. The topological polar surface area (TPSA) is 68.1 Å². The van der Waals surface area contributed by atoms with E-state index in [1.165, 1.54) is 0 Å². The van der Waals surface area contributed by atoms with Gasteiger partial charge in [0.15, 0.2) is 0 Å². The summed E-state index contributed by atoms with van der Waals surface area (Å²) >= 11 is 0. The summed E-state index contributed by atoms with van der Waals surface area (Å²) in [6.45, 7) is 0.513. The third kappa shape index (κ3) is 1.31. The second-order valence-corrected chi connectivity index (χ2v) is 4.01. The standard InChI is InChI=1S/C12H12N2O2/c13-6-7-5-9-8-1-4-12(15)14-10(8)2-3-11(9)16-7/h1-4,7H,5-6,13H2,(H,14,15). The third-order valence-electron chi connectivity index (χ3n) is 2.96. The first-order chi connectivity index (χ1) is 7.78. The van der Waals surface area contributed by atoms with E-state index >= 15 is 0 Å². The van der Waals surface area contributed by atoms with Crippen LogP contribution in [0.3, 0.4) is 0 Å². The fourth-order valence-electron chi connectivity index (χ4n) is 2.18. The Morgan fingerprint density at radius 1 is 1.38 bits per heavy atom. The summed E-state index contributed by atoms with van der Waals surface area (Å²) in [6, 6.07) is 7.14. The molecule has 1 aromatic heterocycles. The first-order valence-electron chi connectivity index (χ1n) is 5.29. The second kappa shape index (κ2) is 3.35. The average Bonchev–Trinajstić information content (AvgIpc) is 2.71. The van der Waals surface area contributed by atoms with E-state index < -0.39 is 0 Å². The summed E-state index contributed by atoms with van der Waals surface area (Å²) in [4.78, 5) is 14.0. The zero-order chi connectivity index (χ0) is 11.1. The number of nitrogens with one attached hydrogen (secondary N) is 1. The summed E-state index contributed by atoms with van der Waals surface area (Å²) in [5.74, 6) is 0.884. The molecule has 2 aromatic rings. The van der Waals surface area contributed by atoms with Gasteiger partial charge in [-0.2, -0.15) is 0 Å². The normalized spacial score (nSPS) is 18.4. The van der Waals surface area contributed by atoms with Crippen LogP contribution in [-0.4, -0.2) is 17.6 Å². The third-order valence-corrected chi connectivity index (χ3v) is 2.96. The van der Waals surface area contributed by atoms with E-state index in [0.29, 0.717) is 6.54 Å². The zero-order valence-corrected chi connectivity index (χ0v) is 8.69. The van der Waals surface area contributed by atoms with E-state index in [2.05, 4.69) is 4.98 Å². The maximum Gasteiger partial charge on any atom is 0.248 e. The number of H-pyrrole nitrogens is 1. The predicted molar refractivity (Wildman–Crippen MR) is 61.7 cm³/mol. The monoisotopic (exact) mass is 216 g/mol. The van der Waals surface area contributed by atoms with E-state index in [1.807, 2.05) is 18.2 Å². The van der Waals surface area contributed by atoms with Crippen molar-refractivity contribution in [3.8, 4) is 5.75 Å². The maximum absolute atomic E-state index is 11.2. The van der Waals surface area contributed by atoms with Crippen molar-refractivity contribution in [1.82, 2.24) is 4.98 Å². The Morgan fingerprint density at radius 2 is 2.25 bits per heavy atom. The van der Waals surface area contributed by atoms with Gasteiger partial charge >= 0.3 is 0 Å². The van der Waals surface area contributed by atoms with Crippen molar-refractivity contribution in [3.63, 3.8) is 0 Å². The van der Waals surface area contributed by atoms with Crippen LogP contribution >= 0.6 is 0 Å².